The molecule has 0 amide bonds. The number of rotatable bonds is 7. The fourth-order valence-corrected chi connectivity index (χ4v) is 1.93. The Morgan fingerprint density at radius 2 is 2.27 bits per heavy atom. The van der Waals surface area contributed by atoms with Gasteiger partial charge in [0.05, 0.1) is 19.8 Å². The molecule has 0 saturated carbocycles. The lowest BCUT2D eigenvalue weighted by Crippen LogP contribution is -2.07. The van der Waals surface area contributed by atoms with Crippen LogP contribution < -0.4 is 0 Å². The highest BCUT2D eigenvalue weighted by molar-refractivity contribution is 5.94. The molecule has 0 aliphatic heterocycles. The largest absolute Gasteiger partial charge is 0.461 e. The Morgan fingerprint density at radius 3 is 3.00 bits per heavy atom. The molecule has 0 radical (unpaired) electrons. The fourth-order valence-electron chi connectivity index (χ4n) is 1.93. The van der Waals surface area contributed by atoms with E-state index in [0.29, 0.717) is 23.4 Å². The number of nitrogens with one attached hydrogen (secondary N) is 1. The van der Waals surface area contributed by atoms with E-state index in [9.17, 15) is 9.18 Å². The van der Waals surface area contributed by atoms with Crippen molar-refractivity contribution in [1.29, 1.82) is 0 Å². The Morgan fingerprint density at radius 1 is 1.45 bits per heavy atom. The van der Waals surface area contributed by atoms with E-state index in [1.54, 1.807) is 13.0 Å². The minimum absolute atomic E-state index is 0.0541. The van der Waals surface area contributed by atoms with Crippen molar-refractivity contribution in [2.24, 2.45) is 0 Å². The average molecular weight is 305 g/mol. The van der Waals surface area contributed by atoms with Gasteiger partial charge in [0.1, 0.15) is 11.5 Å². The molecule has 1 N–H and O–H groups in total. The highest BCUT2D eigenvalue weighted by Crippen LogP contribution is 2.26. The number of H-pyrrole nitrogens is 1. The van der Waals surface area contributed by atoms with E-state index in [1.807, 2.05) is 0 Å². The predicted octanol–water partition coefficient (Wildman–Crippen LogP) is 2.49. The molecule has 1 aromatic heterocycles. The third-order valence-electron chi connectivity index (χ3n) is 2.83. The zero-order chi connectivity index (χ0) is 15.9. The molecule has 0 unspecified atom stereocenters. The van der Waals surface area contributed by atoms with Crippen LogP contribution in [0, 0.1) is 5.82 Å². The summed E-state index contributed by atoms with van der Waals surface area (Å²) in [6, 6.07) is 4.15. The first-order valence-electron chi connectivity index (χ1n) is 6.72. The van der Waals surface area contributed by atoms with E-state index >= 15 is 0 Å². The third kappa shape index (κ3) is 3.56. The minimum Gasteiger partial charge on any atom is -0.461 e. The van der Waals surface area contributed by atoms with Gasteiger partial charge in [0.15, 0.2) is 5.69 Å². The van der Waals surface area contributed by atoms with Crippen LogP contribution in [0.3, 0.4) is 0 Å². The predicted molar refractivity (Wildman–Crippen MR) is 77.6 cm³/mol. The van der Waals surface area contributed by atoms with Gasteiger partial charge in [0, 0.05) is 5.56 Å². The Kier molecular flexibility index (Phi) is 5.37. The zero-order valence-electron chi connectivity index (χ0n) is 12.1. The van der Waals surface area contributed by atoms with Gasteiger partial charge in [-0.25, -0.2) is 9.18 Å². The normalized spacial score (nSPS) is 10.5. The molecule has 0 fully saturated rings. The van der Waals surface area contributed by atoms with Crippen LogP contribution in [-0.2, 0) is 16.1 Å². The first kappa shape index (κ1) is 15.8. The van der Waals surface area contributed by atoms with Crippen LogP contribution in [0.5, 0.6) is 0 Å². The maximum atomic E-state index is 13.5. The third-order valence-corrected chi connectivity index (χ3v) is 2.83. The summed E-state index contributed by atoms with van der Waals surface area (Å²) in [5.41, 5.74) is 1.47. The van der Waals surface area contributed by atoms with Crippen LogP contribution in [0.4, 0.5) is 4.39 Å². The van der Waals surface area contributed by atoms with Crippen LogP contribution in [0.15, 0.2) is 30.9 Å². The van der Waals surface area contributed by atoms with Crippen LogP contribution in [0.1, 0.15) is 23.0 Å². The molecule has 0 aliphatic carbocycles. The summed E-state index contributed by atoms with van der Waals surface area (Å²) in [4.78, 5) is 11.9. The van der Waals surface area contributed by atoms with Crippen molar-refractivity contribution >= 4 is 5.97 Å². The van der Waals surface area contributed by atoms with Gasteiger partial charge >= 0.3 is 5.97 Å². The molecular formula is C15H16FN3O3. The van der Waals surface area contributed by atoms with E-state index in [-0.39, 0.29) is 18.9 Å². The Labute approximate surface area is 126 Å². The second-order valence-corrected chi connectivity index (χ2v) is 4.35. The van der Waals surface area contributed by atoms with Gasteiger partial charge in [-0.2, -0.15) is 10.3 Å². The molecular weight excluding hydrogens is 289 g/mol. The molecule has 6 nitrogen and oxygen atoms in total. The highest BCUT2D eigenvalue weighted by Gasteiger charge is 2.21. The maximum Gasteiger partial charge on any atom is 0.361 e. The summed E-state index contributed by atoms with van der Waals surface area (Å²) in [5, 5.41) is 10.2. The second-order valence-electron chi connectivity index (χ2n) is 4.35. The zero-order valence-corrected chi connectivity index (χ0v) is 12.1. The number of ether oxygens (including phenoxy) is 2. The molecule has 7 heteroatoms. The van der Waals surface area contributed by atoms with Crippen LogP contribution >= 0.6 is 0 Å². The van der Waals surface area contributed by atoms with Crippen molar-refractivity contribution < 1.29 is 18.7 Å². The van der Waals surface area contributed by atoms with E-state index in [1.165, 1.54) is 18.2 Å². The Hall–Kier alpha value is -2.54. The average Bonchev–Trinajstić information content (AvgIpc) is 2.97. The number of aromatic nitrogens is 3. The van der Waals surface area contributed by atoms with Crippen molar-refractivity contribution in [1.82, 2.24) is 15.4 Å². The SMILES string of the molecule is C=CCOCc1cc(F)ccc1-c1n[nH]nc1C(=O)OCC. The van der Waals surface area contributed by atoms with Crippen molar-refractivity contribution in [2.45, 2.75) is 13.5 Å². The quantitative estimate of drug-likeness (QED) is 0.483. The number of carbonyl (C=O) groups is 1. The number of halogens is 1. The number of carbonyl (C=O) groups excluding carboxylic acids is 1. The molecule has 0 bridgehead atoms. The minimum atomic E-state index is -0.589. The van der Waals surface area contributed by atoms with E-state index in [4.69, 9.17) is 9.47 Å². The van der Waals surface area contributed by atoms with E-state index < -0.39 is 11.8 Å². The number of esters is 1. The van der Waals surface area contributed by atoms with Gasteiger partial charge in [0.25, 0.3) is 0 Å². The molecule has 0 atom stereocenters. The molecule has 1 aromatic carbocycles. The van der Waals surface area contributed by atoms with Gasteiger partial charge < -0.3 is 9.47 Å². The van der Waals surface area contributed by atoms with Gasteiger partial charge in [0.2, 0.25) is 0 Å². The van der Waals surface area contributed by atoms with Gasteiger partial charge in [-0.05, 0) is 30.7 Å². The highest BCUT2D eigenvalue weighted by atomic mass is 19.1. The molecule has 2 rings (SSSR count). The molecule has 2 aromatic rings. The van der Waals surface area contributed by atoms with E-state index in [0.717, 1.165) is 0 Å². The molecule has 0 saturated heterocycles. The number of benzene rings is 1. The lowest BCUT2D eigenvalue weighted by molar-refractivity contribution is 0.0520. The van der Waals surface area contributed by atoms with Crippen molar-refractivity contribution in [3.63, 3.8) is 0 Å². The Balaban J connectivity index is 2.38. The maximum absolute atomic E-state index is 13.5. The van der Waals surface area contributed by atoms with Gasteiger partial charge in [-0.1, -0.05) is 6.08 Å². The van der Waals surface area contributed by atoms with Crippen LogP contribution in [0.2, 0.25) is 0 Å². The monoisotopic (exact) mass is 305 g/mol. The summed E-state index contributed by atoms with van der Waals surface area (Å²) in [6.07, 6.45) is 1.60. The topological polar surface area (TPSA) is 77.1 Å². The fraction of sp³-hybridized carbons (Fsp3) is 0.267. The second kappa shape index (κ2) is 7.46. The van der Waals surface area contributed by atoms with Crippen LogP contribution in [0.25, 0.3) is 11.3 Å². The summed E-state index contributed by atoms with van der Waals surface area (Å²) >= 11 is 0. The van der Waals surface area contributed by atoms with E-state index in [2.05, 4.69) is 22.0 Å². The van der Waals surface area contributed by atoms with Crippen molar-refractivity contribution in [3.8, 4) is 11.3 Å². The lowest BCUT2D eigenvalue weighted by atomic mass is 10.0. The first-order chi connectivity index (χ1) is 10.7. The van der Waals surface area contributed by atoms with Gasteiger partial charge in [-0.3, -0.25) is 0 Å². The smallest absolute Gasteiger partial charge is 0.361 e. The number of aromatic amines is 1. The number of hydrogen-bond donors (Lipinski definition) is 1. The summed E-state index contributed by atoms with van der Waals surface area (Å²) in [6.45, 7) is 5.97. The molecule has 0 spiro atoms. The van der Waals surface area contributed by atoms with Crippen LogP contribution in [-0.4, -0.2) is 34.6 Å². The van der Waals surface area contributed by atoms with Crippen molar-refractivity contribution in [3.05, 3.63) is 47.9 Å². The summed E-state index contributed by atoms with van der Waals surface area (Å²) in [7, 11) is 0. The summed E-state index contributed by atoms with van der Waals surface area (Å²) in [5.74, 6) is -0.990. The van der Waals surface area contributed by atoms with Gasteiger partial charge in [-0.15, -0.1) is 11.7 Å². The first-order valence-corrected chi connectivity index (χ1v) is 6.72. The number of hydrogen-bond acceptors (Lipinski definition) is 5. The van der Waals surface area contributed by atoms with Crippen molar-refractivity contribution in [2.75, 3.05) is 13.2 Å². The molecule has 116 valence electrons. The molecule has 22 heavy (non-hydrogen) atoms. The summed E-state index contributed by atoms with van der Waals surface area (Å²) < 4.78 is 23.7. The standard InChI is InChI=1S/C15H16FN3O3/c1-3-7-21-9-10-8-11(16)5-6-12(10)13-14(18-19-17-13)15(20)22-4-2/h3,5-6,8H,1,4,7,9H2,2H3,(H,17,18,19). The Bertz CT molecular complexity index is 670. The molecule has 1 heterocycles. The molecule has 0 aliphatic rings. The number of nitrogens with zero attached hydrogens (tertiary/aromatic N) is 2. The lowest BCUT2D eigenvalue weighted by Gasteiger charge is -2.09.